The number of nitrogen functional groups attached to an aromatic ring is 3. The van der Waals surface area contributed by atoms with Gasteiger partial charge in [0.05, 0.1) is 22.4 Å². The predicted octanol–water partition coefficient (Wildman–Crippen LogP) is 8.41. The maximum atomic E-state index is 12.7. The van der Waals surface area contributed by atoms with E-state index in [1.54, 1.807) is 0 Å². The summed E-state index contributed by atoms with van der Waals surface area (Å²) in [5, 5.41) is 4.58. The highest BCUT2D eigenvalue weighted by Gasteiger charge is 2.35. The molecular formula is C32H32ClF9N6O3. The molecule has 0 fully saturated rings. The van der Waals surface area contributed by atoms with E-state index in [0.29, 0.717) is 12.3 Å². The number of amides is 2. The summed E-state index contributed by atoms with van der Waals surface area (Å²) >= 11 is 5.41. The second-order valence-corrected chi connectivity index (χ2v) is 10.5. The van der Waals surface area contributed by atoms with Crippen LogP contribution in [0.25, 0.3) is 0 Å². The van der Waals surface area contributed by atoms with Crippen molar-refractivity contribution in [2.24, 2.45) is 5.84 Å². The summed E-state index contributed by atoms with van der Waals surface area (Å²) in [5.74, 6) is 3.81. The zero-order valence-electron chi connectivity index (χ0n) is 26.5. The van der Waals surface area contributed by atoms with Crippen LogP contribution in [0.5, 0.6) is 0 Å². The Bertz CT molecular complexity index is 1730. The van der Waals surface area contributed by atoms with E-state index in [1.165, 1.54) is 25.1 Å². The Kier molecular flexibility index (Phi) is 16.0. The summed E-state index contributed by atoms with van der Waals surface area (Å²) < 4.78 is 113. The van der Waals surface area contributed by atoms with Gasteiger partial charge in [-0.15, -0.1) is 11.6 Å². The van der Waals surface area contributed by atoms with Gasteiger partial charge in [0.25, 0.3) is 0 Å². The van der Waals surface area contributed by atoms with Gasteiger partial charge < -0.3 is 27.5 Å². The van der Waals surface area contributed by atoms with Crippen molar-refractivity contribution in [1.82, 2.24) is 0 Å². The highest BCUT2D eigenvalue weighted by Crippen LogP contribution is 2.37. The van der Waals surface area contributed by atoms with Gasteiger partial charge in [0.15, 0.2) is 5.78 Å². The van der Waals surface area contributed by atoms with Crippen LogP contribution in [0.15, 0.2) is 79.4 Å². The number of benzene rings is 3. The van der Waals surface area contributed by atoms with Crippen molar-refractivity contribution in [2.75, 3.05) is 33.4 Å². The number of halogens is 10. The van der Waals surface area contributed by atoms with Crippen LogP contribution < -0.4 is 33.4 Å². The Balaban J connectivity index is 0.000000383. The summed E-state index contributed by atoms with van der Waals surface area (Å²) in [6.07, 6.45) is -12.1. The first-order chi connectivity index (χ1) is 23.5. The topological polar surface area (TPSA) is 165 Å². The molecule has 3 aromatic rings. The zero-order valence-corrected chi connectivity index (χ0v) is 27.3. The van der Waals surface area contributed by atoms with Gasteiger partial charge in [-0.05, 0) is 79.6 Å². The maximum absolute atomic E-state index is 12.7. The normalized spacial score (nSPS) is 11.1. The van der Waals surface area contributed by atoms with E-state index >= 15 is 0 Å². The lowest BCUT2D eigenvalue weighted by atomic mass is 10.0. The van der Waals surface area contributed by atoms with Gasteiger partial charge in [-0.1, -0.05) is 13.2 Å². The number of allylic oxidation sites excluding steroid dienone is 1. The fraction of sp³-hybridized carbons (Fsp3) is 0.219. The number of carbonyl (C=O) groups is 3. The third kappa shape index (κ3) is 14.3. The molecule has 0 radical (unpaired) electrons. The number of hydrogen-bond donors (Lipinski definition) is 6. The minimum Gasteiger partial charge on any atom is -0.398 e. The number of carbonyl (C=O) groups excluding carboxylic acids is 3. The lowest BCUT2D eigenvalue weighted by molar-refractivity contribution is -0.137. The van der Waals surface area contributed by atoms with Gasteiger partial charge in [0.1, 0.15) is 0 Å². The third-order valence-corrected chi connectivity index (χ3v) is 6.39. The first kappa shape index (κ1) is 43.8. The molecule has 0 saturated carbocycles. The molecule has 0 saturated heterocycles. The lowest BCUT2D eigenvalue weighted by Crippen LogP contribution is -2.16. The molecule has 0 aliphatic carbocycles. The number of Topliss-reactive ketones (excluding diaryl/α,β-unsaturated/α-hetero) is 1. The average molecular weight is 755 g/mol. The molecule has 278 valence electrons. The molecule has 9 N–H and O–H groups in total. The van der Waals surface area contributed by atoms with E-state index < -0.39 is 46.9 Å². The van der Waals surface area contributed by atoms with Crippen molar-refractivity contribution in [3.63, 3.8) is 0 Å². The number of nitrogens with one attached hydrogen (secondary N) is 3. The van der Waals surface area contributed by atoms with Crippen molar-refractivity contribution in [3.05, 3.63) is 102 Å². The Morgan fingerprint density at radius 3 is 1.63 bits per heavy atom. The number of hydrazine groups is 1. The standard InChI is InChI=1S/C11H12ClF3N2O.C11H11F3N2O.C10H9F3N2O/c12-5-1-2-10(18)17-7-3-4-9(16)8(6-7)11(13,14)15;1-6(2)10(17)7-3-4-9(16-15)8(5-7)11(12,13)14;1-2-9(16)15-6-3-4-8(14)7(5-6)10(11,12)13/h3-4,6H,1-2,5,16H2,(H,17,18);3-5,16H,1,15H2,2H3;2-5H,1,14H2,(H,15,16). The minimum atomic E-state index is -4.58. The third-order valence-electron chi connectivity index (χ3n) is 6.12. The predicted molar refractivity (Wildman–Crippen MR) is 178 cm³/mol. The van der Waals surface area contributed by atoms with E-state index in [0.717, 1.165) is 42.5 Å². The molecule has 9 nitrogen and oxygen atoms in total. The molecule has 3 rings (SSSR count). The molecule has 0 heterocycles. The van der Waals surface area contributed by atoms with Gasteiger partial charge in [-0.3, -0.25) is 20.2 Å². The number of nitrogens with two attached hydrogens (primary N) is 3. The summed E-state index contributed by atoms with van der Waals surface area (Å²) in [7, 11) is 0. The van der Waals surface area contributed by atoms with Crippen molar-refractivity contribution in [2.45, 2.75) is 38.3 Å². The summed E-state index contributed by atoms with van der Waals surface area (Å²) in [6, 6.07) is 9.52. The lowest BCUT2D eigenvalue weighted by Gasteiger charge is -2.13. The molecule has 0 atom stereocenters. The number of alkyl halides is 10. The molecule has 0 bridgehead atoms. The fourth-order valence-corrected chi connectivity index (χ4v) is 3.83. The monoisotopic (exact) mass is 754 g/mol. The maximum Gasteiger partial charge on any atom is 0.418 e. The second kappa shape index (κ2) is 18.7. The molecule has 51 heavy (non-hydrogen) atoms. The van der Waals surface area contributed by atoms with Crippen LogP contribution in [0.4, 0.5) is 68.0 Å². The SMILES string of the molecule is C=C(C)C(=O)c1ccc(NN)c(C(F)(F)F)c1.C=CC(=O)Nc1ccc(N)c(C(F)(F)F)c1.Nc1ccc(NC(=O)CCCCl)cc1C(F)(F)F. The molecule has 0 aromatic heterocycles. The Labute approximate surface area is 290 Å². The van der Waals surface area contributed by atoms with Crippen LogP contribution in [0.2, 0.25) is 0 Å². The molecule has 0 unspecified atom stereocenters. The first-order valence-electron chi connectivity index (χ1n) is 14.1. The molecule has 0 spiro atoms. The van der Waals surface area contributed by atoms with Crippen LogP contribution in [0.1, 0.15) is 46.8 Å². The molecular weight excluding hydrogens is 723 g/mol. The summed E-state index contributed by atoms with van der Waals surface area (Å²) in [5.41, 5.74) is 8.60. The smallest absolute Gasteiger partial charge is 0.398 e. The minimum absolute atomic E-state index is 0.0198. The molecule has 3 aromatic carbocycles. The van der Waals surface area contributed by atoms with Crippen LogP contribution in [-0.4, -0.2) is 23.5 Å². The van der Waals surface area contributed by atoms with E-state index in [4.69, 9.17) is 28.9 Å². The highest BCUT2D eigenvalue weighted by atomic mass is 35.5. The Hall–Kier alpha value is -5.23. The van der Waals surface area contributed by atoms with Crippen molar-refractivity contribution >= 4 is 57.6 Å². The van der Waals surface area contributed by atoms with E-state index in [1.807, 2.05) is 5.43 Å². The van der Waals surface area contributed by atoms with Crippen LogP contribution >= 0.6 is 11.6 Å². The number of anilines is 5. The van der Waals surface area contributed by atoms with Crippen molar-refractivity contribution in [1.29, 1.82) is 0 Å². The largest absolute Gasteiger partial charge is 0.418 e. The van der Waals surface area contributed by atoms with Gasteiger partial charge >= 0.3 is 18.5 Å². The number of hydrogen-bond acceptors (Lipinski definition) is 7. The van der Waals surface area contributed by atoms with Crippen molar-refractivity contribution in [3.8, 4) is 0 Å². The van der Waals surface area contributed by atoms with Gasteiger partial charge in [-0.2, -0.15) is 39.5 Å². The highest BCUT2D eigenvalue weighted by molar-refractivity contribution is 6.18. The molecule has 0 aliphatic heterocycles. The molecule has 0 aliphatic rings. The van der Waals surface area contributed by atoms with Crippen LogP contribution in [0.3, 0.4) is 0 Å². The van der Waals surface area contributed by atoms with Gasteiger partial charge in [-0.25, -0.2) is 0 Å². The van der Waals surface area contributed by atoms with E-state index in [2.05, 4.69) is 23.8 Å². The molecule has 19 heteroatoms. The van der Waals surface area contributed by atoms with Crippen molar-refractivity contribution < 1.29 is 53.9 Å². The average Bonchev–Trinajstić information content (AvgIpc) is 3.04. The first-order valence-corrected chi connectivity index (χ1v) is 14.6. The number of ketones is 1. The van der Waals surface area contributed by atoms with Gasteiger partial charge in [0.2, 0.25) is 11.8 Å². The summed E-state index contributed by atoms with van der Waals surface area (Å²) in [6.45, 7) is 8.02. The van der Waals surface area contributed by atoms with Crippen LogP contribution in [-0.2, 0) is 28.1 Å². The van der Waals surface area contributed by atoms with Gasteiger partial charge in [0, 0.05) is 40.6 Å². The van der Waals surface area contributed by atoms with Crippen LogP contribution in [0, 0.1) is 0 Å². The fourth-order valence-electron chi connectivity index (χ4n) is 3.70. The quantitative estimate of drug-likeness (QED) is 0.0243. The second-order valence-electron chi connectivity index (χ2n) is 10.1. The summed E-state index contributed by atoms with van der Waals surface area (Å²) in [4.78, 5) is 33.7. The Morgan fingerprint density at radius 2 is 1.24 bits per heavy atom. The van der Waals surface area contributed by atoms with E-state index in [-0.39, 0.29) is 51.9 Å². The molecule has 2 amide bonds. The zero-order chi connectivity index (χ0) is 39.3. The van der Waals surface area contributed by atoms with E-state index in [9.17, 15) is 53.9 Å². The Morgan fingerprint density at radius 1 is 0.765 bits per heavy atom. The number of rotatable bonds is 9.